The summed E-state index contributed by atoms with van der Waals surface area (Å²) in [6.07, 6.45) is 0.958. The summed E-state index contributed by atoms with van der Waals surface area (Å²) < 4.78 is 5.81. The van der Waals surface area contributed by atoms with Gasteiger partial charge in [-0.25, -0.2) is 0 Å². The summed E-state index contributed by atoms with van der Waals surface area (Å²) in [7, 11) is 0. The highest BCUT2D eigenvalue weighted by atomic mass is 32.2. The number of hydrogen-bond donors (Lipinski definition) is 0. The second kappa shape index (κ2) is 1.91. The summed E-state index contributed by atoms with van der Waals surface area (Å²) in [4.78, 5) is 0. The van der Waals surface area contributed by atoms with Gasteiger partial charge in [0.15, 0.2) is 0 Å². The van der Waals surface area contributed by atoms with Crippen molar-refractivity contribution in [2.75, 3.05) is 6.61 Å². The van der Waals surface area contributed by atoms with Crippen molar-refractivity contribution >= 4 is 28.5 Å². The lowest BCUT2D eigenvalue weighted by molar-refractivity contribution is 0.408. The fourth-order valence-electron chi connectivity index (χ4n) is 0.274. The van der Waals surface area contributed by atoms with Gasteiger partial charge in [-0.15, -0.1) is 0 Å². The molecule has 0 radical (unpaired) electrons. The SMILES string of the molecule is S=C1CCOS1. The van der Waals surface area contributed by atoms with Crippen molar-refractivity contribution in [2.45, 2.75) is 6.42 Å². The Morgan fingerprint density at radius 2 is 2.67 bits per heavy atom. The zero-order valence-electron chi connectivity index (χ0n) is 3.14. The molecule has 0 aromatic heterocycles. The van der Waals surface area contributed by atoms with E-state index in [2.05, 4.69) is 0 Å². The highest BCUT2D eigenvalue weighted by Crippen LogP contribution is 2.17. The molecule has 1 aliphatic heterocycles. The van der Waals surface area contributed by atoms with Crippen LogP contribution in [-0.2, 0) is 4.18 Å². The van der Waals surface area contributed by atoms with Crippen molar-refractivity contribution in [1.82, 2.24) is 0 Å². The molecule has 3 heteroatoms. The van der Waals surface area contributed by atoms with Crippen LogP contribution in [0.1, 0.15) is 6.42 Å². The van der Waals surface area contributed by atoms with Crippen LogP contribution in [0.4, 0.5) is 0 Å². The third-order valence-corrected chi connectivity index (χ3v) is 1.62. The molecule has 0 atom stereocenters. The minimum atomic E-state index is 0.809. The van der Waals surface area contributed by atoms with E-state index in [1.54, 1.807) is 0 Å². The van der Waals surface area contributed by atoms with Gasteiger partial charge < -0.3 is 4.18 Å². The fourth-order valence-corrected chi connectivity index (χ4v) is 0.967. The van der Waals surface area contributed by atoms with E-state index in [9.17, 15) is 0 Å². The van der Waals surface area contributed by atoms with Crippen LogP contribution in [0.2, 0.25) is 0 Å². The Morgan fingerprint density at radius 1 is 1.83 bits per heavy atom. The van der Waals surface area contributed by atoms with Gasteiger partial charge in [-0.1, -0.05) is 12.2 Å². The molecule has 0 spiro atoms. The van der Waals surface area contributed by atoms with Gasteiger partial charge in [-0.2, -0.15) is 0 Å². The van der Waals surface area contributed by atoms with Gasteiger partial charge in [0.1, 0.15) is 0 Å². The zero-order valence-corrected chi connectivity index (χ0v) is 4.77. The molecule has 0 saturated carbocycles. The maximum Gasteiger partial charge on any atom is 0.0780 e. The Hall–Kier alpha value is 0.400. The number of rotatable bonds is 0. The average molecular weight is 120 g/mol. The van der Waals surface area contributed by atoms with E-state index in [-0.39, 0.29) is 0 Å². The monoisotopic (exact) mass is 120 g/mol. The molecule has 1 saturated heterocycles. The molecule has 1 heterocycles. The van der Waals surface area contributed by atoms with Gasteiger partial charge in [-0.3, -0.25) is 0 Å². The first kappa shape index (κ1) is 4.56. The van der Waals surface area contributed by atoms with Crippen molar-refractivity contribution < 1.29 is 4.18 Å². The van der Waals surface area contributed by atoms with Gasteiger partial charge in [0.2, 0.25) is 0 Å². The summed E-state index contributed by atoms with van der Waals surface area (Å²) in [5.41, 5.74) is 0. The van der Waals surface area contributed by atoms with Crippen LogP contribution in [0.15, 0.2) is 0 Å². The van der Waals surface area contributed by atoms with E-state index in [0.29, 0.717) is 0 Å². The lowest BCUT2D eigenvalue weighted by atomic mass is 10.5. The molecule has 1 aliphatic rings. The Bertz CT molecular complexity index is 63.2. The standard InChI is InChI=1S/C3H4OS2/c5-3-1-2-4-6-3/h1-2H2. The molecule has 0 bridgehead atoms. The van der Waals surface area contributed by atoms with Crippen LogP contribution in [-0.4, -0.2) is 10.8 Å². The van der Waals surface area contributed by atoms with Crippen molar-refractivity contribution in [3.63, 3.8) is 0 Å². The van der Waals surface area contributed by atoms with Crippen LogP contribution in [0.3, 0.4) is 0 Å². The van der Waals surface area contributed by atoms with Crippen molar-refractivity contribution in [3.05, 3.63) is 0 Å². The number of hydrogen-bond acceptors (Lipinski definition) is 3. The van der Waals surface area contributed by atoms with Crippen LogP contribution < -0.4 is 0 Å². The maximum absolute atomic E-state index is 4.83. The summed E-state index contributed by atoms with van der Waals surface area (Å²) in [5.74, 6) is 0. The van der Waals surface area contributed by atoms with E-state index < -0.39 is 0 Å². The van der Waals surface area contributed by atoms with Crippen LogP contribution in [0.5, 0.6) is 0 Å². The topological polar surface area (TPSA) is 9.23 Å². The van der Waals surface area contributed by atoms with Gasteiger partial charge >= 0.3 is 0 Å². The summed E-state index contributed by atoms with van der Waals surface area (Å²) in [6.45, 7) is 0.809. The summed E-state index contributed by atoms with van der Waals surface area (Å²) in [6, 6.07) is 0. The Morgan fingerprint density at radius 3 is 2.83 bits per heavy atom. The molecule has 34 valence electrons. The van der Waals surface area contributed by atoms with Gasteiger partial charge in [0, 0.05) is 18.5 Å². The second-order valence-electron chi connectivity index (χ2n) is 1.03. The smallest absolute Gasteiger partial charge is 0.0780 e. The highest BCUT2D eigenvalue weighted by Gasteiger charge is 2.05. The molecule has 0 unspecified atom stereocenters. The van der Waals surface area contributed by atoms with Gasteiger partial charge in [0.05, 0.1) is 10.8 Å². The Labute approximate surface area is 46.3 Å². The minimum absolute atomic E-state index is 0.809. The van der Waals surface area contributed by atoms with Gasteiger partial charge in [0.25, 0.3) is 0 Å². The Kier molecular flexibility index (Phi) is 1.45. The van der Waals surface area contributed by atoms with E-state index in [1.165, 1.54) is 12.0 Å². The van der Waals surface area contributed by atoms with Crippen molar-refractivity contribution in [1.29, 1.82) is 0 Å². The first-order valence-corrected chi connectivity index (χ1v) is 2.87. The first-order chi connectivity index (χ1) is 2.89. The van der Waals surface area contributed by atoms with E-state index in [4.69, 9.17) is 16.4 Å². The molecule has 1 rings (SSSR count). The molecule has 0 aromatic rings. The predicted octanol–water partition coefficient (Wildman–Crippen LogP) is 1.38. The molecule has 1 fully saturated rings. The predicted molar refractivity (Wildman–Crippen MR) is 30.8 cm³/mol. The van der Waals surface area contributed by atoms with Crippen LogP contribution in [0, 0.1) is 0 Å². The van der Waals surface area contributed by atoms with Crippen LogP contribution >= 0.6 is 24.3 Å². The quantitative estimate of drug-likeness (QED) is 0.353. The Balaban J connectivity index is 2.37. The normalized spacial score (nSPS) is 22.3. The lowest BCUT2D eigenvalue weighted by Crippen LogP contribution is -1.75. The average Bonchev–Trinajstić information content (AvgIpc) is 1.86. The molecule has 6 heavy (non-hydrogen) atoms. The molecule has 0 N–H and O–H groups in total. The van der Waals surface area contributed by atoms with Crippen molar-refractivity contribution in [3.8, 4) is 0 Å². The third-order valence-electron chi connectivity index (χ3n) is 0.541. The van der Waals surface area contributed by atoms with Crippen molar-refractivity contribution in [2.24, 2.45) is 0 Å². The molecule has 1 nitrogen and oxygen atoms in total. The summed E-state index contributed by atoms with van der Waals surface area (Å²) in [5, 5.41) is 0. The molecular formula is C3H4OS2. The van der Waals surface area contributed by atoms with E-state index in [1.807, 2.05) is 0 Å². The second-order valence-corrected chi connectivity index (χ2v) is 2.67. The number of thiocarbonyl (C=S) groups is 1. The lowest BCUT2D eigenvalue weighted by Gasteiger charge is -1.75. The summed E-state index contributed by atoms with van der Waals surface area (Å²) >= 11 is 6.09. The maximum atomic E-state index is 4.83. The fraction of sp³-hybridized carbons (Fsp3) is 0.667. The largest absolute Gasteiger partial charge is 0.309 e. The molecular weight excluding hydrogens is 116 g/mol. The van der Waals surface area contributed by atoms with Crippen LogP contribution in [0.25, 0.3) is 0 Å². The zero-order chi connectivity index (χ0) is 4.41. The minimum Gasteiger partial charge on any atom is -0.309 e. The highest BCUT2D eigenvalue weighted by molar-refractivity contribution is 8.20. The van der Waals surface area contributed by atoms with E-state index >= 15 is 0 Å². The van der Waals surface area contributed by atoms with Gasteiger partial charge in [-0.05, 0) is 0 Å². The molecule has 0 aromatic carbocycles. The molecule has 0 amide bonds. The molecule has 0 aliphatic carbocycles. The van der Waals surface area contributed by atoms with E-state index in [0.717, 1.165) is 17.2 Å². The first-order valence-electron chi connectivity index (χ1n) is 1.72. The third kappa shape index (κ3) is 0.929.